The number of nitrogens with one attached hydrogen (secondary N) is 6. The van der Waals surface area contributed by atoms with Gasteiger partial charge < -0.3 is 53.2 Å². The predicted molar refractivity (Wildman–Crippen MR) is 197 cm³/mol. The van der Waals surface area contributed by atoms with Crippen molar-refractivity contribution in [2.24, 2.45) is 23.3 Å². The van der Waals surface area contributed by atoms with Gasteiger partial charge in [0, 0.05) is 29.9 Å². The average molecular weight is 745 g/mol. The first-order valence-electron chi connectivity index (χ1n) is 18.0. The smallest absolute Gasteiger partial charge is 0.326 e. The summed E-state index contributed by atoms with van der Waals surface area (Å²) in [7, 11) is 0. The number of fused-ring (bicyclic) bond motifs is 1. The van der Waals surface area contributed by atoms with Gasteiger partial charge in [0.2, 0.25) is 29.5 Å². The van der Waals surface area contributed by atoms with E-state index < -0.39 is 84.6 Å². The maximum absolute atomic E-state index is 13.8. The molecule has 0 aliphatic rings. The van der Waals surface area contributed by atoms with Gasteiger partial charge in [0.1, 0.15) is 30.2 Å². The fraction of sp³-hybridized carbons (Fsp3) is 0.583. The molecule has 0 aliphatic carbocycles. The SMILES string of the molecule is CC(C)CC(NC(=O)C(CC(C)C)NC(=O)C(CCC(=O)O)NC(=O)C(Cc1c[nH]c2ccccc12)NC(=O)CN)C(=O)NC(CCCCN)C(=O)O. The van der Waals surface area contributed by atoms with Gasteiger partial charge in [0.15, 0.2) is 0 Å². The van der Waals surface area contributed by atoms with Gasteiger partial charge in [0.05, 0.1) is 6.54 Å². The summed E-state index contributed by atoms with van der Waals surface area (Å²) in [4.78, 5) is 93.3. The number of aromatic nitrogens is 1. The van der Waals surface area contributed by atoms with Crippen LogP contribution in [0.25, 0.3) is 10.9 Å². The molecule has 5 unspecified atom stereocenters. The maximum Gasteiger partial charge on any atom is 0.326 e. The van der Waals surface area contributed by atoms with E-state index in [9.17, 15) is 43.8 Å². The first kappa shape index (κ1) is 44.1. The minimum Gasteiger partial charge on any atom is -0.481 e. The number of aliphatic carboxylic acids is 2. The number of carbonyl (C=O) groups is 7. The molecule has 0 radical (unpaired) electrons. The summed E-state index contributed by atoms with van der Waals surface area (Å²) in [5, 5.41) is 32.8. The van der Waals surface area contributed by atoms with Crippen molar-refractivity contribution < 1.29 is 43.8 Å². The normalized spacial score (nSPS) is 14.1. The van der Waals surface area contributed by atoms with Crippen LogP contribution >= 0.6 is 0 Å². The van der Waals surface area contributed by atoms with Crippen LogP contribution in [0, 0.1) is 11.8 Å². The monoisotopic (exact) mass is 744 g/mol. The fourth-order valence-corrected chi connectivity index (χ4v) is 5.76. The van der Waals surface area contributed by atoms with E-state index in [2.05, 4.69) is 31.6 Å². The van der Waals surface area contributed by atoms with Crippen LogP contribution in [0.2, 0.25) is 0 Å². The summed E-state index contributed by atoms with van der Waals surface area (Å²) in [6.45, 7) is 7.23. The van der Waals surface area contributed by atoms with Gasteiger partial charge in [-0.3, -0.25) is 28.8 Å². The van der Waals surface area contributed by atoms with E-state index in [1.54, 1.807) is 6.20 Å². The maximum atomic E-state index is 13.8. The third-order valence-corrected chi connectivity index (χ3v) is 8.46. The molecule has 5 atom stereocenters. The number of carbonyl (C=O) groups excluding carboxylic acids is 5. The van der Waals surface area contributed by atoms with Gasteiger partial charge in [-0.2, -0.15) is 0 Å². The highest BCUT2D eigenvalue weighted by molar-refractivity contribution is 5.96. The van der Waals surface area contributed by atoms with E-state index >= 15 is 0 Å². The number of unbranched alkanes of at least 4 members (excludes halogenated alkanes) is 1. The Morgan fingerprint density at radius 2 is 1.21 bits per heavy atom. The Hall–Kier alpha value is -5.03. The van der Waals surface area contributed by atoms with Crippen LogP contribution in [0.3, 0.4) is 0 Å². The topological polar surface area (TPSA) is 288 Å². The quantitative estimate of drug-likeness (QED) is 0.0651. The van der Waals surface area contributed by atoms with E-state index in [4.69, 9.17) is 11.5 Å². The zero-order chi connectivity index (χ0) is 39.7. The Balaban J connectivity index is 2.31. The molecule has 0 aliphatic heterocycles. The minimum absolute atomic E-state index is 0.0162. The van der Waals surface area contributed by atoms with Crippen molar-refractivity contribution in [2.75, 3.05) is 13.1 Å². The van der Waals surface area contributed by atoms with Gasteiger partial charge in [0.25, 0.3) is 0 Å². The molecule has 0 fully saturated rings. The number of hydrogen-bond acceptors (Lipinski definition) is 9. The molecular formula is C36H56N8O9. The van der Waals surface area contributed by atoms with Crippen LogP contribution < -0.4 is 38.1 Å². The molecular weight excluding hydrogens is 688 g/mol. The van der Waals surface area contributed by atoms with Crippen LogP contribution in [0.5, 0.6) is 0 Å². The van der Waals surface area contributed by atoms with Crippen molar-refractivity contribution in [2.45, 2.75) is 109 Å². The number of benzene rings is 1. The number of nitrogens with two attached hydrogens (primary N) is 2. The van der Waals surface area contributed by atoms with Gasteiger partial charge in [-0.15, -0.1) is 0 Å². The van der Waals surface area contributed by atoms with E-state index in [0.29, 0.717) is 24.9 Å². The number of hydrogen-bond donors (Lipinski definition) is 10. The lowest BCUT2D eigenvalue weighted by molar-refractivity contribution is -0.142. The third kappa shape index (κ3) is 15.2. The second-order valence-corrected chi connectivity index (χ2v) is 13.9. The lowest BCUT2D eigenvalue weighted by atomic mass is 9.99. The van der Waals surface area contributed by atoms with Crippen molar-refractivity contribution in [3.05, 3.63) is 36.0 Å². The van der Waals surface area contributed by atoms with Gasteiger partial charge in [-0.1, -0.05) is 45.9 Å². The summed E-state index contributed by atoms with van der Waals surface area (Å²) >= 11 is 0. The first-order chi connectivity index (χ1) is 25.1. The van der Waals surface area contributed by atoms with Crippen LogP contribution in [-0.4, -0.2) is 100.0 Å². The summed E-state index contributed by atoms with van der Waals surface area (Å²) in [5.41, 5.74) is 12.5. The Morgan fingerprint density at radius 3 is 1.74 bits per heavy atom. The van der Waals surface area contributed by atoms with Crippen molar-refractivity contribution in [1.29, 1.82) is 0 Å². The summed E-state index contributed by atoms with van der Waals surface area (Å²) in [5.74, 6) is -6.36. The lowest BCUT2D eigenvalue weighted by Gasteiger charge is -2.28. The van der Waals surface area contributed by atoms with Crippen molar-refractivity contribution in [3.8, 4) is 0 Å². The molecule has 53 heavy (non-hydrogen) atoms. The summed E-state index contributed by atoms with van der Waals surface area (Å²) in [6, 6.07) is 1.17. The van der Waals surface area contributed by atoms with E-state index in [1.807, 2.05) is 52.0 Å². The Bertz CT molecular complexity index is 1560. The molecule has 12 N–H and O–H groups in total. The summed E-state index contributed by atoms with van der Waals surface area (Å²) < 4.78 is 0. The molecule has 1 aromatic carbocycles. The third-order valence-electron chi connectivity index (χ3n) is 8.46. The van der Waals surface area contributed by atoms with Gasteiger partial charge in [-0.25, -0.2) is 4.79 Å². The largest absolute Gasteiger partial charge is 0.481 e. The standard InChI is InChI=1S/C36H56N8O9/c1-20(2)15-27(33(49)42-26(36(52)53)11-7-8-14-37)44-34(50)28(16-21(3)4)43-32(48)25(12-13-31(46)47)41-35(51)29(40-30(45)18-38)17-22-19-39-24-10-6-5-9-23(22)24/h5-6,9-10,19-21,25-29,39H,7-8,11-18,37-38H2,1-4H3,(H,40,45)(H,41,51)(H,42,49)(H,43,48)(H,44,50)(H,46,47)(H,52,53). The molecule has 17 nitrogen and oxygen atoms in total. The highest BCUT2D eigenvalue weighted by atomic mass is 16.4. The fourth-order valence-electron chi connectivity index (χ4n) is 5.76. The van der Waals surface area contributed by atoms with Crippen molar-refractivity contribution >= 4 is 52.4 Å². The first-order valence-corrected chi connectivity index (χ1v) is 18.0. The van der Waals surface area contributed by atoms with Crippen LogP contribution in [-0.2, 0) is 40.0 Å². The average Bonchev–Trinajstić information content (AvgIpc) is 3.50. The van der Waals surface area contributed by atoms with Crippen LogP contribution in [0.1, 0.15) is 78.2 Å². The van der Waals surface area contributed by atoms with Crippen molar-refractivity contribution in [3.63, 3.8) is 0 Å². The molecule has 294 valence electrons. The van der Waals surface area contributed by atoms with E-state index in [0.717, 1.165) is 10.9 Å². The molecule has 2 aromatic rings. The molecule has 1 aromatic heterocycles. The molecule has 0 bridgehead atoms. The second-order valence-electron chi connectivity index (χ2n) is 13.9. The number of amides is 5. The predicted octanol–water partition coefficient (Wildman–Crippen LogP) is 0.264. The number of carboxylic acids is 2. The molecule has 0 saturated carbocycles. The Morgan fingerprint density at radius 1 is 0.679 bits per heavy atom. The zero-order valence-electron chi connectivity index (χ0n) is 30.9. The van der Waals surface area contributed by atoms with Crippen LogP contribution in [0.15, 0.2) is 30.5 Å². The number of carboxylic acid groups (broad SMARTS) is 2. The van der Waals surface area contributed by atoms with Crippen LogP contribution in [0.4, 0.5) is 0 Å². The van der Waals surface area contributed by atoms with E-state index in [-0.39, 0.29) is 43.9 Å². The number of H-pyrrole nitrogens is 1. The minimum atomic E-state index is -1.43. The number of rotatable bonds is 24. The Labute approximate surface area is 309 Å². The molecule has 0 spiro atoms. The highest BCUT2D eigenvalue weighted by Crippen LogP contribution is 2.19. The van der Waals surface area contributed by atoms with Crippen molar-refractivity contribution in [1.82, 2.24) is 31.6 Å². The molecule has 0 saturated heterocycles. The number of para-hydroxylation sites is 1. The molecule has 1 heterocycles. The summed E-state index contributed by atoms with van der Waals surface area (Å²) in [6.07, 6.45) is 2.33. The van der Waals surface area contributed by atoms with E-state index in [1.165, 1.54) is 0 Å². The molecule has 17 heteroatoms. The molecule has 5 amide bonds. The highest BCUT2D eigenvalue weighted by Gasteiger charge is 2.33. The molecule has 2 rings (SSSR count). The van der Waals surface area contributed by atoms with Gasteiger partial charge in [-0.05, 0) is 68.5 Å². The van der Waals surface area contributed by atoms with Gasteiger partial charge >= 0.3 is 11.9 Å². The number of aromatic amines is 1. The Kier molecular flexibility index (Phi) is 18.4. The second kappa shape index (κ2) is 22.1. The lowest BCUT2D eigenvalue weighted by Crippen LogP contribution is -2.59. The zero-order valence-corrected chi connectivity index (χ0v) is 30.9.